The molecule has 74 heavy (non-hydrogen) atoms. The summed E-state index contributed by atoms with van der Waals surface area (Å²) < 4.78 is 105. The number of hydrogen-bond acceptors (Lipinski definition) is 14. The normalized spacial score (nSPS) is 11.5. The van der Waals surface area contributed by atoms with E-state index in [9.17, 15) is 37.6 Å². The van der Waals surface area contributed by atoms with Gasteiger partial charge in [0.15, 0.2) is 0 Å². The summed E-state index contributed by atoms with van der Waals surface area (Å²) in [5.41, 5.74) is 3.29. The van der Waals surface area contributed by atoms with Crippen molar-refractivity contribution in [2.24, 2.45) is 0 Å². The van der Waals surface area contributed by atoms with E-state index in [-0.39, 0.29) is 16.8 Å². The third-order valence-corrected chi connectivity index (χ3v) is 12.7. The van der Waals surface area contributed by atoms with Crippen molar-refractivity contribution in [2.75, 3.05) is 46.4 Å². The number of nitrogens with one attached hydrogen (secondary N) is 2. The lowest BCUT2D eigenvalue weighted by Crippen LogP contribution is -2.43. The van der Waals surface area contributed by atoms with Crippen molar-refractivity contribution in [1.29, 1.82) is 0 Å². The van der Waals surface area contributed by atoms with E-state index in [2.05, 4.69) is 20.0 Å². The molecule has 0 aliphatic carbocycles. The van der Waals surface area contributed by atoms with Crippen molar-refractivity contribution in [1.82, 2.24) is 15.3 Å². The summed E-state index contributed by atoms with van der Waals surface area (Å²) >= 11 is 0. The Hall–Kier alpha value is -7.76. The molecule has 2 heterocycles. The number of aliphatic carboxylic acids is 1. The maximum absolute atomic E-state index is 15.4. The highest BCUT2D eigenvalue weighted by atomic mass is 32.2. The molecule has 0 bridgehead atoms. The van der Waals surface area contributed by atoms with Crippen molar-refractivity contribution in [3.8, 4) is 45.3 Å². The number of carboxylic acid groups (broad SMARTS) is 1. The predicted octanol–water partition coefficient (Wildman–Crippen LogP) is 7.08. The van der Waals surface area contributed by atoms with Gasteiger partial charge >= 0.3 is 13.1 Å². The summed E-state index contributed by atoms with van der Waals surface area (Å²) in [5, 5.41) is 31.4. The zero-order valence-corrected chi connectivity index (χ0v) is 41.8. The van der Waals surface area contributed by atoms with Crippen molar-refractivity contribution < 1.29 is 74.8 Å². The SMILES string of the molecule is CCOCc1cc(OC)c(-c2ccc(C[C@H](NC(=O)c3c(F)cc(NS(=O)(=O)c4ccc(-c5ccnc(F)c5)cc4)cc3F)C(=O)O)c3cccnc23)c(OC)c1.CCOCc1cc(OC)c(B(O)O)c(OC)c1. The maximum Gasteiger partial charge on any atom is 0.496 e. The van der Waals surface area contributed by atoms with Crippen LogP contribution in [0, 0.1) is 17.6 Å². The van der Waals surface area contributed by atoms with Crippen LogP contribution in [-0.2, 0) is 43.9 Å². The van der Waals surface area contributed by atoms with Crippen molar-refractivity contribution >= 4 is 51.1 Å². The lowest BCUT2D eigenvalue weighted by atomic mass is 9.78. The van der Waals surface area contributed by atoms with Crippen LogP contribution < -0.4 is 34.4 Å². The van der Waals surface area contributed by atoms with Crippen LogP contribution in [0.2, 0.25) is 0 Å². The number of ether oxygens (including phenoxy) is 6. The quantitative estimate of drug-likeness (QED) is 0.0357. The maximum atomic E-state index is 15.4. The van der Waals surface area contributed by atoms with Gasteiger partial charge < -0.3 is 48.9 Å². The zero-order valence-electron chi connectivity index (χ0n) is 40.9. The summed E-state index contributed by atoms with van der Waals surface area (Å²) in [7, 11) is -0.0586. The standard InChI is InChI=1S/C41H35F3N4O8S.C11H17BO5/c1-4-56-22-23-16-34(54-2)37(35(17-23)55-3)30-12-9-26(29-6-5-14-46-39(29)30)18-33(41(50)51)47-40(49)38-31(42)20-27(21-32(38)43)48-57(52,53)28-10-7-24(8-11-28)25-13-15-45-36(44)19-25;1-4-17-7-8-5-9(15-2)11(12(13)14)10(6-8)16-3/h5-17,19-21,33,48H,4,18,22H2,1-3H3,(H,47,49)(H,50,51);5-6,13-14H,4,7H2,1-3H3/t33-;/m0./s1. The fraction of sp³-hybridized carbons (Fsp3) is 0.231. The number of anilines is 1. The molecule has 1 atom stereocenters. The van der Waals surface area contributed by atoms with Crippen LogP contribution >= 0.6 is 0 Å². The molecule has 0 fully saturated rings. The summed E-state index contributed by atoms with van der Waals surface area (Å²) in [4.78, 5) is 33.5. The molecule has 0 aliphatic rings. The second-order valence-electron chi connectivity index (χ2n) is 16.0. The van der Waals surface area contributed by atoms with Crippen LogP contribution in [0.4, 0.5) is 18.9 Å². The number of carbonyl (C=O) groups is 2. The summed E-state index contributed by atoms with van der Waals surface area (Å²) in [5.74, 6) is -4.77. The minimum atomic E-state index is -4.38. The predicted molar refractivity (Wildman–Crippen MR) is 270 cm³/mol. The smallest absolute Gasteiger partial charge is 0.496 e. The topological polar surface area (TPSA) is 234 Å². The Morgan fingerprint density at radius 1 is 0.703 bits per heavy atom. The first-order chi connectivity index (χ1) is 35.5. The van der Waals surface area contributed by atoms with Gasteiger partial charge in [0.1, 0.15) is 46.2 Å². The molecule has 0 aliphatic heterocycles. The molecule has 0 spiro atoms. The van der Waals surface area contributed by atoms with E-state index in [0.29, 0.717) is 100 Å². The number of nitrogens with zero attached hydrogens (tertiary/aromatic N) is 2. The Labute approximate surface area is 425 Å². The van der Waals surface area contributed by atoms with E-state index >= 15 is 8.78 Å². The number of methoxy groups -OCH3 is 4. The van der Waals surface area contributed by atoms with Crippen LogP contribution in [0.1, 0.15) is 40.9 Å². The van der Waals surface area contributed by atoms with E-state index in [1.165, 1.54) is 71.0 Å². The molecule has 2 aromatic heterocycles. The monoisotopic (exact) mass is 1040 g/mol. The van der Waals surface area contributed by atoms with Gasteiger partial charge in [0.2, 0.25) is 5.95 Å². The number of rotatable bonds is 21. The summed E-state index contributed by atoms with van der Waals surface area (Å²) in [6.45, 7) is 5.65. The van der Waals surface area contributed by atoms with Crippen LogP contribution in [0.25, 0.3) is 33.2 Å². The van der Waals surface area contributed by atoms with Gasteiger partial charge in [-0.3, -0.25) is 14.5 Å². The number of carbonyl (C=O) groups excluding carboxylic acids is 1. The fourth-order valence-electron chi connectivity index (χ4n) is 7.82. The second-order valence-corrected chi connectivity index (χ2v) is 17.7. The number of pyridine rings is 2. The lowest BCUT2D eigenvalue weighted by Gasteiger charge is -2.19. The molecule has 5 N–H and O–H groups in total. The molecule has 0 radical (unpaired) electrons. The van der Waals surface area contributed by atoms with Gasteiger partial charge in [-0.25, -0.2) is 27.0 Å². The number of carboxylic acids is 1. The fourth-order valence-corrected chi connectivity index (χ4v) is 8.86. The summed E-state index contributed by atoms with van der Waals surface area (Å²) in [6, 6.07) is 21.3. The number of fused-ring (bicyclic) bond motifs is 1. The first-order valence-corrected chi connectivity index (χ1v) is 24.1. The molecular formula is C52H52BF3N4O13S. The number of sulfonamides is 1. The number of halogens is 3. The van der Waals surface area contributed by atoms with E-state index < -0.39 is 63.9 Å². The highest BCUT2D eigenvalue weighted by Gasteiger charge is 2.29. The van der Waals surface area contributed by atoms with Crippen molar-refractivity contribution in [3.05, 3.63) is 149 Å². The van der Waals surface area contributed by atoms with Gasteiger partial charge in [0, 0.05) is 49.0 Å². The number of amides is 1. The highest BCUT2D eigenvalue weighted by molar-refractivity contribution is 7.92. The van der Waals surface area contributed by atoms with Gasteiger partial charge in [-0.05, 0) is 102 Å². The molecule has 7 aromatic rings. The Morgan fingerprint density at radius 2 is 1.27 bits per heavy atom. The van der Waals surface area contributed by atoms with Crippen LogP contribution in [0.5, 0.6) is 23.0 Å². The van der Waals surface area contributed by atoms with Crippen molar-refractivity contribution in [3.63, 3.8) is 0 Å². The minimum absolute atomic E-state index is 0.218. The number of benzene rings is 5. The average molecular weight is 1040 g/mol. The van der Waals surface area contributed by atoms with E-state index in [0.717, 1.165) is 11.1 Å². The average Bonchev–Trinajstić information content (AvgIpc) is 3.38. The van der Waals surface area contributed by atoms with Crippen LogP contribution in [0.15, 0.2) is 114 Å². The summed E-state index contributed by atoms with van der Waals surface area (Å²) in [6.07, 6.45) is 2.51. The largest absolute Gasteiger partial charge is 0.497 e. The lowest BCUT2D eigenvalue weighted by molar-refractivity contribution is -0.139. The molecule has 1 amide bonds. The first-order valence-electron chi connectivity index (χ1n) is 22.6. The van der Waals surface area contributed by atoms with E-state index in [1.807, 2.05) is 26.0 Å². The Kier molecular flexibility index (Phi) is 19.0. The second kappa shape index (κ2) is 25.3. The number of aromatic nitrogens is 2. The molecule has 388 valence electrons. The molecule has 0 saturated heterocycles. The molecule has 0 unspecified atom stereocenters. The van der Waals surface area contributed by atoms with Gasteiger partial charge in [0.25, 0.3) is 15.9 Å². The Balaban J connectivity index is 0.000000445. The van der Waals surface area contributed by atoms with Crippen LogP contribution in [0.3, 0.4) is 0 Å². The first kappa shape index (κ1) is 55.6. The molecule has 0 saturated carbocycles. The molecule has 7 rings (SSSR count). The Morgan fingerprint density at radius 3 is 1.78 bits per heavy atom. The molecule has 22 heteroatoms. The third-order valence-electron chi connectivity index (χ3n) is 11.3. The van der Waals surface area contributed by atoms with Crippen molar-refractivity contribution in [2.45, 2.75) is 44.4 Å². The zero-order chi connectivity index (χ0) is 53.7. The van der Waals surface area contributed by atoms with Crippen LogP contribution in [-0.4, -0.2) is 100 Å². The molecule has 17 nitrogen and oxygen atoms in total. The number of hydrogen-bond donors (Lipinski definition) is 5. The van der Waals surface area contributed by atoms with E-state index in [4.69, 9.17) is 28.4 Å². The molecule has 5 aromatic carbocycles. The third kappa shape index (κ3) is 13.3. The molecular weight excluding hydrogens is 988 g/mol. The van der Waals surface area contributed by atoms with Gasteiger partial charge in [-0.15, -0.1) is 0 Å². The van der Waals surface area contributed by atoms with Gasteiger partial charge in [0.05, 0.1) is 68.8 Å². The highest BCUT2D eigenvalue weighted by Crippen LogP contribution is 2.43. The minimum Gasteiger partial charge on any atom is -0.497 e. The Bertz CT molecular complexity index is 3170. The van der Waals surface area contributed by atoms with Gasteiger partial charge in [-0.1, -0.05) is 30.3 Å². The van der Waals surface area contributed by atoms with E-state index in [1.54, 1.807) is 42.6 Å². The van der Waals surface area contributed by atoms with Gasteiger partial charge in [-0.2, -0.15) is 4.39 Å².